The normalized spacial score (nSPS) is 13.0. The van der Waals surface area contributed by atoms with Crippen LogP contribution in [0.1, 0.15) is 213 Å². The zero-order valence-electron chi connectivity index (χ0n) is 40.5. The van der Waals surface area contributed by atoms with Gasteiger partial charge >= 0.3 is 17.9 Å². The van der Waals surface area contributed by atoms with Gasteiger partial charge in [0.1, 0.15) is 13.2 Å². The first-order chi connectivity index (χ1) is 31.0. The Morgan fingerprint density at radius 2 is 0.619 bits per heavy atom. The van der Waals surface area contributed by atoms with Crippen molar-refractivity contribution in [1.82, 2.24) is 0 Å². The van der Waals surface area contributed by atoms with Gasteiger partial charge in [0.05, 0.1) is 0 Å². The molecule has 0 aromatic rings. The number of unbranched alkanes of at least 4 members (excludes halogenated alkanes) is 15. The number of esters is 3. The molecule has 0 fully saturated rings. The fraction of sp³-hybridized carbons (Fsp3) is 0.632. The van der Waals surface area contributed by atoms with E-state index in [0.717, 1.165) is 135 Å². The Hall–Kier alpha value is -3.93. The van der Waals surface area contributed by atoms with Crippen molar-refractivity contribution in [2.75, 3.05) is 13.2 Å². The largest absolute Gasteiger partial charge is 0.462 e. The standard InChI is InChI=1S/C57H92O6/c1-4-7-10-13-16-18-20-22-24-26-28-30-32-34-36-38-41-44-47-50-56(59)62-53-54(52-61-55(58)49-46-43-40-15-12-9-6-3)63-57(60)51-48-45-42-39-37-35-33-31-29-27-25-23-21-19-17-14-11-8-5-2/h7-8,10-11,16-19,22-25,28-31,34,36,54H,4-6,9,12-15,20-21,26-27,32-33,35,37-53H2,1-3H3/b10-7-,11-8-,18-16-,19-17-,24-22-,25-23-,30-28-,31-29-,36-34-. The van der Waals surface area contributed by atoms with Gasteiger partial charge in [0.25, 0.3) is 0 Å². The number of carbonyl (C=O) groups is 3. The van der Waals surface area contributed by atoms with E-state index in [2.05, 4.69) is 130 Å². The second-order valence-electron chi connectivity index (χ2n) is 16.3. The van der Waals surface area contributed by atoms with Crippen LogP contribution >= 0.6 is 0 Å². The average Bonchev–Trinajstić information content (AvgIpc) is 3.28. The second-order valence-corrected chi connectivity index (χ2v) is 16.3. The van der Waals surface area contributed by atoms with Crippen LogP contribution in [0.15, 0.2) is 109 Å². The fourth-order valence-electron chi connectivity index (χ4n) is 6.52. The van der Waals surface area contributed by atoms with Gasteiger partial charge in [-0.15, -0.1) is 0 Å². The molecule has 1 atom stereocenters. The van der Waals surface area contributed by atoms with Crippen LogP contribution in [-0.2, 0) is 28.6 Å². The molecular formula is C57H92O6. The number of hydrogen-bond donors (Lipinski definition) is 0. The first-order valence-corrected chi connectivity index (χ1v) is 25.4. The van der Waals surface area contributed by atoms with Crippen molar-refractivity contribution in [2.45, 2.75) is 219 Å². The Morgan fingerprint density at radius 1 is 0.333 bits per heavy atom. The third-order valence-corrected chi connectivity index (χ3v) is 10.3. The van der Waals surface area contributed by atoms with Crippen molar-refractivity contribution < 1.29 is 28.6 Å². The van der Waals surface area contributed by atoms with E-state index in [1.165, 1.54) is 38.5 Å². The molecule has 6 nitrogen and oxygen atoms in total. The lowest BCUT2D eigenvalue weighted by Crippen LogP contribution is -2.30. The Morgan fingerprint density at radius 3 is 0.984 bits per heavy atom. The number of carbonyl (C=O) groups excluding carboxylic acids is 3. The highest BCUT2D eigenvalue weighted by molar-refractivity contribution is 5.71. The van der Waals surface area contributed by atoms with Crippen LogP contribution < -0.4 is 0 Å². The van der Waals surface area contributed by atoms with E-state index >= 15 is 0 Å². The van der Waals surface area contributed by atoms with Gasteiger partial charge in [-0.1, -0.05) is 201 Å². The van der Waals surface area contributed by atoms with Crippen LogP contribution in [0.5, 0.6) is 0 Å². The highest BCUT2D eigenvalue weighted by Gasteiger charge is 2.19. The van der Waals surface area contributed by atoms with E-state index in [9.17, 15) is 14.4 Å². The van der Waals surface area contributed by atoms with E-state index in [0.29, 0.717) is 19.3 Å². The van der Waals surface area contributed by atoms with Gasteiger partial charge in [0, 0.05) is 19.3 Å². The zero-order chi connectivity index (χ0) is 45.8. The zero-order valence-corrected chi connectivity index (χ0v) is 40.5. The minimum absolute atomic E-state index is 0.0964. The maximum Gasteiger partial charge on any atom is 0.306 e. The summed E-state index contributed by atoms with van der Waals surface area (Å²) in [5, 5.41) is 0. The van der Waals surface area contributed by atoms with Crippen molar-refractivity contribution in [3.05, 3.63) is 109 Å². The molecule has 0 saturated heterocycles. The SMILES string of the molecule is CC/C=C\C/C=C\C/C=C\C/C=C\C/C=C\CCCCCC(=O)OCC(COC(=O)CCCCCCCCC)OC(=O)CCCCCCCC/C=C\C/C=C\C/C=C\C/C=C\CC. The van der Waals surface area contributed by atoms with Crippen LogP contribution in [-0.4, -0.2) is 37.2 Å². The number of hydrogen-bond acceptors (Lipinski definition) is 6. The Labute approximate surface area is 387 Å². The molecule has 0 radical (unpaired) electrons. The van der Waals surface area contributed by atoms with Crippen molar-refractivity contribution in [3.8, 4) is 0 Å². The summed E-state index contributed by atoms with van der Waals surface area (Å²) in [6.45, 7) is 6.31. The summed E-state index contributed by atoms with van der Waals surface area (Å²) in [6, 6.07) is 0. The molecule has 0 saturated carbocycles. The van der Waals surface area contributed by atoms with Gasteiger partial charge in [-0.3, -0.25) is 14.4 Å². The summed E-state index contributed by atoms with van der Waals surface area (Å²) in [7, 11) is 0. The van der Waals surface area contributed by atoms with Crippen molar-refractivity contribution in [2.24, 2.45) is 0 Å². The molecular weight excluding hydrogens is 781 g/mol. The molecule has 356 valence electrons. The number of rotatable bonds is 44. The molecule has 0 spiro atoms. The van der Waals surface area contributed by atoms with Gasteiger partial charge in [-0.2, -0.15) is 0 Å². The van der Waals surface area contributed by atoms with Gasteiger partial charge in [0.2, 0.25) is 0 Å². The highest BCUT2D eigenvalue weighted by Crippen LogP contribution is 2.13. The maximum atomic E-state index is 12.8. The lowest BCUT2D eigenvalue weighted by molar-refractivity contribution is -0.167. The smallest absolute Gasteiger partial charge is 0.306 e. The predicted molar refractivity (Wildman–Crippen MR) is 270 cm³/mol. The lowest BCUT2D eigenvalue weighted by atomic mass is 10.1. The van der Waals surface area contributed by atoms with Gasteiger partial charge in [0.15, 0.2) is 6.10 Å². The minimum atomic E-state index is -0.798. The van der Waals surface area contributed by atoms with Crippen LogP contribution in [0, 0.1) is 0 Å². The molecule has 0 rings (SSSR count). The third kappa shape index (κ3) is 49.0. The van der Waals surface area contributed by atoms with Gasteiger partial charge in [-0.25, -0.2) is 0 Å². The predicted octanol–water partition coefficient (Wildman–Crippen LogP) is 16.8. The lowest BCUT2D eigenvalue weighted by Gasteiger charge is -2.18. The summed E-state index contributed by atoms with van der Waals surface area (Å²) in [5.41, 5.74) is 0. The summed E-state index contributed by atoms with van der Waals surface area (Å²) >= 11 is 0. The molecule has 0 aliphatic carbocycles. The molecule has 0 heterocycles. The summed E-state index contributed by atoms with van der Waals surface area (Å²) in [4.78, 5) is 37.8. The molecule has 1 unspecified atom stereocenters. The Bertz CT molecular complexity index is 1330. The summed E-state index contributed by atoms with van der Waals surface area (Å²) in [5.74, 6) is -0.957. The van der Waals surface area contributed by atoms with Crippen LogP contribution in [0.2, 0.25) is 0 Å². The number of ether oxygens (including phenoxy) is 3. The van der Waals surface area contributed by atoms with Crippen molar-refractivity contribution in [1.29, 1.82) is 0 Å². The van der Waals surface area contributed by atoms with E-state index in [1.54, 1.807) is 0 Å². The molecule has 0 aliphatic heterocycles. The molecule has 0 N–H and O–H groups in total. The molecule has 0 amide bonds. The number of allylic oxidation sites excluding steroid dienone is 18. The molecule has 0 aromatic carbocycles. The Kier molecular flexibility index (Phi) is 47.5. The van der Waals surface area contributed by atoms with Crippen LogP contribution in [0.25, 0.3) is 0 Å². The van der Waals surface area contributed by atoms with Crippen molar-refractivity contribution in [3.63, 3.8) is 0 Å². The topological polar surface area (TPSA) is 78.9 Å². The quantitative estimate of drug-likeness (QED) is 0.0263. The highest BCUT2D eigenvalue weighted by atomic mass is 16.6. The second kappa shape index (κ2) is 50.7. The molecule has 63 heavy (non-hydrogen) atoms. The van der Waals surface area contributed by atoms with E-state index in [1.807, 2.05) is 0 Å². The van der Waals surface area contributed by atoms with Crippen molar-refractivity contribution >= 4 is 17.9 Å². The molecule has 6 heteroatoms. The third-order valence-electron chi connectivity index (χ3n) is 10.3. The van der Waals surface area contributed by atoms with E-state index < -0.39 is 6.10 Å². The summed E-state index contributed by atoms with van der Waals surface area (Å²) < 4.78 is 16.7. The van der Waals surface area contributed by atoms with Crippen LogP contribution in [0.4, 0.5) is 0 Å². The first-order valence-electron chi connectivity index (χ1n) is 25.4. The fourth-order valence-corrected chi connectivity index (χ4v) is 6.52. The van der Waals surface area contributed by atoms with Crippen LogP contribution in [0.3, 0.4) is 0 Å². The van der Waals surface area contributed by atoms with Gasteiger partial charge < -0.3 is 14.2 Å². The maximum absolute atomic E-state index is 12.8. The molecule has 0 bridgehead atoms. The average molecular weight is 873 g/mol. The molecule has 0 aromatic heterocycles. The summed E-state index contributed by atoms with van der Waals surface area (Å²) in [6.07, 6.45) is 68.0. The first kappa shape index (κ1) is 59.1. The Balaban J connectivity index is 4.38. The minimum Gasteiger partial charge on any atom is -0.462 e. The van der Waals surface area contributed by atoms with Gasteiger partial charge in [-0.05, 0) is 103 Å². The molecule has 0 aliphatic rings. The van der Waals surface area contributed by atoms with E-state index in [-0.39, 0.29) is 31.1 Å². The monoisotopic (exact) mass is 873 g/mol. The van der Waals surface area contributed by atoms with E-state index in [4.69, 9.17) is 14.2 Å².